The van der Waals surface area contributed by atoms with Crippen LogP contribution in [0.1, 0.15) is 27.9 Å². The fraction of sp³-hybridized carbons (Fsp3) is 0.389. The van der Waals surface area contributed by atoms with Crippen LogP contribution in [0.15, 0.2) is 42.5 Å². The van der Waals surface area contributed by atoms with Gasteiger partial charge in [-0.15, -0.1) is 11.3 Å². The molecule has 4 N–H and O–H groups in total. The zero-order valence-electron chi connectivity index (χ0n) is 13.8. The number of hydrogen-bond donors (Lipinski definition) is 3. The van der Waals surface area contributed by atoms with Gasteiger partial charge in [-0.05, 0) is 44.0 Å². The number of nitrogens with one attached hydrogen (secondary N) is 1. The van der Waals surface area contributed by atoms with Gasteiger partial charge in [-0.25, -0.2) is 0 Å². The van der Waals surface area contributed by atoms with E-state index in [-0.39, 0.29) is 18.6 Å². The van der Waals surface area contributed by atoms with Crippen LogP contribution in [0.3, 0.4) is 0 Å². The number of primary amides is 1. The molecule has 0 aliphatic heterocycles. The fourth-order valence-electron chi connectivity index (χ4n) is 2.21. The smallest absolute Gasteiger partial charge is 0.258 e. The average Bonchev–Trinajstić information content (AvgIpc) is 3.06. The van der Waals surface area contributed by atoms with E-state index in [4.69, 9.17) is 10.5 Å². The number of aliphatic hydroxyl groups excluding tert-OH is 1. The number of nitrogens with two attached hydrogens (primary N) is 1. The van der Waals surface area contributed by atoms with Crippen molar-refractivity contribution < 1.29 is 14.6 Å². The second kappa shape index (κ2) is 9.42. The Morgan fingerprint density at radius 1 is 1.29 bits per heavy atom. The number of ether oxygens (including phenoxy) is 1. The van der Waals surface area contributed by atoms with Crippen molar-refractivity contribution in [3.63, 3.8) is 0 Å². The third-order valence-electron chi connectivity index (χ3n) is 3.62. The molecule has 5 nitrogen and oxygen atoms in total. The lowest BCUT2D eigenvalue weighted by Gasteiger charge is -2.17. The summed E-state index contributed by atoms with van der Waals surface area (Å²) in [6.07, 6.45) is 1.24. The SMILES string of the molecule is CC(CCc1ccc(C(N)=O)s1)NCC(O)COc1ccccc1. The first-order valence-corrected chi connectivity index (χ1v) is 8.84. The van der Waals surface area contributed by atoms with E-state index in [2.05, 4.69) is 12.2 Å². The predicted molar refractivity (Wildman–Crippen MR) is 96.6 cm³/mol. The lowest BCUT2D eigenvalue weighted by atomic mass is 10.1. The first-order valence-electron chi connectivity index (χ1n) is 8.02. The summed E-state index contributed by atoms with van der Waals surface area (Å²) in [5.74, 6) is 0.381. The van der Waals surface area contributed by atoms with Gasteiger partial charge in [0.1, 0.15) is 18.5 Å². The molecule has 2 aromatic rings. The van der Waals surface area contributed by atoms with Gasteiger partial charge in [0.15, 0.2) is 0 Å². The summed E-state index contributed by atoms with van der Waals surface area (Å²) in [5.41, 5.74) is 5.25. The molecule has 0 aliphatic rings. The van der Waals surface area contributed by atoms with Gasteiger partial charge in [0.2, 0.25) is 0 Å². The Bertz CT molecular complexity index is 630. The average molecular weight is 348 g/mol. The molecule has 6 heteroatoms. The highest BCUT2D eigenvalue weighted by Gasteiger charge is 2.10. The Labute approximate surface area is 146 Å². The van der Waals surface area contributed by atoms with Crippen LogP contribution in [-0.2, 0) is 6.42 Å². The first kappa shape index (κ1) is 18.4. The molecule has 130 valence electrons. The van der Waals surface area contributed by atoms with E-state index in [1.54, 1.807) is 6.07 Å². The van der Waals surface area contributed by atoms with Gasteiger partial charge in [0, 0.05) is 17.5 Å². The Hall–Kier alpha value is -1.89. The van der Waals surface area contributed by atoms with E-state index in [1.165, 1.54) is 11.3 Å². The van der Waals surface area contributed by atoms with Crippen LogP contribution < -0.4 is 15.8 Å². The fourth-order valence-corrected chi connectivity index (χ4v) is 3.09. The molecule has 2 atom stereocenters. The number of amides is 1. The largest absolute Gasteiger partial charge is 0.491 e. The van der Waals surface area contributed by atoms with Crippen LogP contribution in [0.25, 0.3) is 0 Å². The normalized spacial score (nSPS) is 13.4. The van der Waals surface area contributed by atoms with Crippen LogP contribution in [0.5, 0.6) is 5.75 Å². The monoisotopic (exact) mass is 348 g/mol. The van der Waals surface area contributed by atoms with Gasteiger partial charge >= 0.3 is 0 Å². The van der Waals surface area contributed by atoms with Gasteiger partial charge < -0.3 is 20.9 Å². The quantitative estimate of drug-likeness (QED) is 0.614. The second-order valence-corrected chi connectivity index (χ2v) is 6.92. The van der Waals surface area contributed by atoms with E-state index in [0.29, 0.717) is 11.4 Å². The number of benzene rings is 1. The number of carbonyl (C=O) groups is 1. The van der Waals surface area contributed by atoms with Crippen molar-refractivity contribution in [2.45, 2.75) is 31.9 Å². The topological polar surface area (TPSA) is 84.6 Å². The number of para-hydroxylation sites is 1. The Morgan fingerprint density at radius 2 is 2.04 bits per heavy atom. The van der Waals surface area contributed by atoms with Crippen molar-refractivity contribution in [1.29, 1.82) is 0 Å². The van der Waals surface area contributed by atoms with Crippen molar-refractivity contribution in [1.82, 2.24) is 5.32 Å². The third kappa shape index (κ3) is 6.31. The summed E-state index contributed by atoms with van der Waals surface area (Å²) in [5, 5.41) is 13.3. The standard InChI is InChI=1S/C18H24N2O3S/c1-13(7-8-16-9-10-17(24-16)18(19)22)20-11-14(21)12-23-15-5-3-2-4-6-15/h2-6,9-10,13-14,20-21H,7-8,11-12H2,1H3,(H2,19,22). The molecule has 1 heterocycles. The lowest BCUT2D eigenvalue weighted by molar-refractivity contribution is 0.100. The maximum absolute atomic E-state index is 11.1. The molecular weight excluding hydrogens is 324 g/mol. The van der Waals surface area contributed by atoms with Crippen LogP contribution in [-0.4, -0.2) is 36.3 Å². The second-order valence-electron chi connectivity index (χ2n) is 5.76. The van der Waals surface area contributed by atoms with Crippen molar-refractivity contribution in [3.05, 3.63) is 52.2 Å². The van der Waals surface area contributed by atoms with Crippen LogP contribution in [0.4, 0.5) is 0 Å². The Morgan fingerprint density at radius 3 is 2.71 bits per heavy atom. The molecule has 2 unspecified atom stereocenters. The number of carbonyl (C=O) groups excluding carboxylic acids is 1. The molecule has 1 aromatic heterocycles. The zero-order chi connectivity index (χ0) is 17.4. The minimum Gasteiger partial charge on any atom is -0.491 e. The molecule has 1 aromatic carbocycles. The van der Waals surface area contributed by atoms with Gasteiger partial charge in [0.25, 0.3) is 5.91 Å². The number of aliphatic hydroxyl groups is 1. The number of hydrogen-bond acceptors (Lipinski definition) is 5. The van der Waals surface area contributed by atoms with Gasteiger partial charge in [0.05, 0.1) is 4.88 Å². The maximum Gasteiger partial charge on any atom is 0.258 e. The number of thiophene rings is 1. The maximum atomic E-state index is 11.1. The molecule has 0 saturated carbocycles. The van der Waals surface area contributed by atoms with E-state index >= 15 is 0 Å². The van der Waals surface area contributed by atoms with E-state index in [0.717, 1.165) is 23.5 Å². The minimum absolute atomic E-state index is 0.260. The summed E-state index contributed by atoms with van der Waals surface area (Å²) >= 11 is 1.44. The van der Waals surface area contributed by atoms with E-state index < -0.39 is 6.10 Å². The van der Waals surface area contributed by atoms with Crippen LogP contribution in [0.2, 0.25) is 0 Å². The summed E-state index contributed by atoms with van der Waals surface area (Å²) in [6, 6.07) is 13.4. The summed E-state index contributed by atoms with van der Waals surface area (Å²) < 4.78 is 5.52. The molecule has 0 fully saturated rings. The highest BCUT2D eigenvalue weighted by molar-refractivity contribution is 7.14. The van der Waals surface area contributed by atoms with E-state index in [9.17, 15) is 9.90 Å². The molecule has 0 saturated heterocycles. The highest BCUT2D eigenvalue weighted by Crippen LogP contribution is 2.18. The van der Waals surface area contributed by atoms with Gasteiger partial charge in [-0.2, -0.15) is 0 Å². The first-order chi connectivity index (χ1) is 11.5. The van der Waals surface area contributed by atoms with Gasteiger partial charge in [-0.3, -0.25) is 4.79 Å². The number of aryl methyl sites for hydroxylation is 1. The van der Waals surface area contributed by atoms with Crippen LogP contribution in [0, 0.1) is 0 Å². The third-order valence-corrected chi connectivity index (χ3v) is 4.78. The highest BCUT2D eigenvalue weighted by atomic mass is 32.1. The minimum atomic E-state index is -0.559. The molecule has 0 aliphatic carbocycles. The van der Waals surface area contributed by atoms with Crippen molar-refractivity contribution >= 4 is 17.2 Å². The Kier molecular flexibility index (Phi) is 7.24. The molecule has 24 heavy (non-hydrogen) atoms. The predicted octanol–water partition coefficient (Wildman–Crippen LogP) is 2.20. The van der Waals surface area contributed by atoms with Crippen molar-refractivity contribution in [3.8, 4) is 5.75 Å². The zero-order valence-corrected chi connectivity index (χ0v) is 14.6. The lowest BCUT2D eigenvalue weighted by Crippen LogP contribution is -2.36. The molecule has 0 radical (unpaired) electrons. The molecule has 0 spiro atoms. The van der Waals surface area contributed by atoms with Crippen molar-refractivity contribution in [2.75, 3.05) is 13.2 Å². The summed E-state index contributed by atoms with van der Waals surface area (Å²) in [4.78, 5) is 12.8. The van der Waals surface area contributed by atoms with Gasteiger partial charge in [-0.1, -0.05) is 18.2 Å². The molecule has 2 rings (SSSR count). The molecule has 0 bridgehead atoms. The molecule has 1 amide bonds. The van der Waals surface area contributed by atoms with Crippen molar-refractivity contribution in [2.24, 2.45) is 5.73 Å². The number of rotatable bonds is 10. The summed E-state index contributed by atoms with van der Waals surface area (Å²) in [7, 11) is 0. The van der Waals surface area contributed by atoms with E-state index in [1.807, 2.05) is 36.4 Å². The Balaban J connectivity index is 1.63. The van der Waals surface area contributed by atoms with Crippen LogP contribution >= 0.6 is 11.3 Å². The summed E-state index contributed by atoms with van der Waals surface area (Å²) in [6.45, 7) is 2.81. The molecular formula is C18H24N2O3S.